The topological polar surface area (TPSA) is 72.2 Å². The molecule has 2 rings (SSSR count). The highest BCUT2D eigenvalue weighted by atomic mass is 32.2. The maximum Gasteiger partial charge on any atom is 0.262 e. The van der Waals surface area contributed by atoms with Crippen molar-refractivity contribution < 1.29 is 12.8 Å². The third-order valence-electron chi connectivity index (χ3n) is 2.87. The number of anilines is 2. The molecule has 0 aliphatic heterocycles. The minimum Gasteiger partial charge on any atom is -0.399 e. The van der Waals surface area contributed by atoms with Crippen molar-refractivity contribution in [3.63, 3.8) is 0 Å². The Labute approximate surface area is 117 Å². The van der Waals surface area contributed by atoms with Crippen LogP contribution < -0.4 is 10.5 Å². The summed E-state index contributed by atoms with van der Waals surface area (Å²) >= 11 is 0. The SMILES string of the molecule is Cc1ccc(NS(=O)(=O)c2cc(N)ccc2C)c(F)c1. The van der Waals surface area contributed by atoms with Crippen LogP contribution in [0.25, 0.3) is 0 Å². The van der Waals surface area contributed by atoms with Crippen LogP contribution >= 0.6 is 0 Å². The molecule has 0 saturated heterocycles. The Morgan fingerprint density at radius 3 is 2.45 bits per heavy atom. The van der Waals surface area contributed by atoms with Gasteiger partial charge in [0.1, 0.15) is 5.82 Å². The Hall–Kier alpha value is -2.08. The van der Waals surface area contributed by atoms with Crippen LogP contribution in [-0.4, -0.2) is 8.42 Å². The molecular formula is C14H15FN2O2S. The lowest BCUT2D eigenvalue weighted by atomic mass is 10.2. The number of benzene rings is 2. The van der Waals surface area contributed by atoms with Gasteiger partial charge in [0.25, 0.3) is 10.0 Å². The third-order valence-corrected chi connectivity index (χ3v) is 4.38. The zero-order valence-corrected chi connectivity index (χ0v) is 12.0. The molecule has 0 aliphatic rings. The Bertz CT molecular complexity index is 758. The lowest BCUT2D eigenvalue weighted by Crippen LogP contribution is -2.15. The second-order valence-corrected chi connectivity index (χ2v) is 6.26. The summed E-state index contributed by atoms with van der Waals surface area (Å²) in [5.74, 6) is -0.616. The molecule has 2 aromatic rings. The Morgan fingerprint density at radius 1 is 1.10 bits per heavy atom. The highest BCUT2D eigenvalue weighted by Gasteiger charge is 2.18. The highest BCUT2D eigenvalue weighted by Crippen LogP contribution is 2.23. The van der Waals surface area contributed by atoms with E-state index in [1.165, 1.54) is 18.2 Å². The first-order valence-corrected chi connectivity index (χ1v) is 7.43. The van der Waals surface area contributed by atoms with E-state index in [-0.39, 0.29) is 10.6 Å². The zero-order chi connectivity index (χ0) is 14.9. The van der Waals surface area contributed by atoms with Gasteiger partial charge in [-0.15, -0.1) is 0 Å². The first kappa shape index (κ1) is 14.3. The van der Waals surface area contributed by atoms with Crippen molar-refractivity contribution in [1.82, 2.24) is 0 Å². The van der Waals surface area contributed by atoms with E-state index in [0.717, 1.165) is 0 Å². The summed E-state index contributed by atoms with van der Waals surface area (Å²) < 4.78 is 40.5. The molecule has 0 spiro atoms. The maximum atomic E-state index is 13.7. The lowest BCUT2D eigenvalue weighted by molar-refractivity contribution is 0.598. The van der Waals surface area contributed by atoms with Gasteiger partial charge in [0.2, 0.25) is 0 Å². The van der Waals surface area contributed by atoms with Gasteiger partial charge in [-0.2, -0.15) is 0 Å². The molecule has 0 atom stereocenters. The van der Waals surface area contributed by atoms with Crippen molar-refractivity contribution in [2.45, 2.75) is 18.7 Å². The Kier molecular flexibility index (Phi) is 3.67. The van der Waals surface area contributed by atoms with Crippen molar-refractivity contribution >= 4 is 21.4 Å². The summed E-state index contributed by atoms with van der Waals surface area (Å²) in [5.41, 5.74) is 7.10. The molecule has 0 aliphatic carbocycles. The molecule has 0 fully saturated rings. The second kappa shape index (κ2) is 5.13. The summed E-state index contributed by atoms with van der Waals surface area (Å²) in [7, 11) is -3.87. The molecule has 106 valence electrons. The van der Waals surface area contributed by atoms with Gasteiger partial charge >= 0.3 is 0 Å². The molecule has 0 bridgehead atoms. The fourth-order valence-electron chi connectivity index (χ4n) is 1.81. The molecule has 2 aromatic carbocycles. The largest absolute Gasteiger partial charge is 0.399 e. The van der Waals surface area contributed by atoms with Crippen LogP contribution in [0.3, 0.4) is 0 Å². The molecular weight excluding hydrogens is 279 g/mol. The van der Waals surface area contributed by atoms with E-state index < -0.39 is 15.8 Å². The molecule has 6 heteroatoms. The fraction of sp³-hybridized carbons (Fsp3) is 0.143. The summed E-state index contributed by atoms with van der Waals surface area (Å²) in [6.45, 7) is 3.38. The van der Waals surface area contributed by atoms with Crippen LogP contribution in [0.5, 0.6) is 0 Å². The molecule has 0 amide bonds. The predicted octanol–water partition coefficient (Wildman–Crippen LogP) is 2.83. The molecule has 0 aromatic heterocycles. The normalized spacial score (nSPS) is 11.3. The number of hydrogen-bond acceptors (Lipinski definition) is 3. The molecule has 0 radical (unpaired) electrons. The third kappa shape index (κ3) is 2.91. The number of rotatable bonds is 3. The minimum atomic E-state index is -3.87. The quantitative estimate of drug-likeness (QED) is 0.855. The number of nitrogen functional groups attached to an aromatic ring is 1. The Balaban J connectivity index is 2.43. The summed E-state index contributed by atoms with van der Waals surface area (Å²) in [5, 5.41) is 0. The number of sulfonamides is 1. The van der Waals surface area contributed by atoms with Crippen LogP contribution in [0.4, 0.5) is 15.8 Å². The van der Waals surface area contributed by atoms with Gasteiger partial charge in [-0.1, -0.05) is 12.1 Å². The van der Waals surface area contributed by atoms with Gasteiger partial charge < -0.3 is 5.73 Å². The van der Waals surface area contributed by atoms with E-state index in [1.807, 2.05) is 0 Å². The van der Waals surface area contributed by atoms with Crippen LogP contribution in [-0.2, 0) is 10.0 Å². The van der Waals surface area contributed by atoms with E-state index in [2.05, 4.69) is 4.72 Å². The number of nitrogens with two attached hydrogens (primary N) is 1. The molecule has 0 unspecified atom stereocenters. The number of aryl methyl sites for hydroxylation is 2. The van der Waals surface area contributed by atoms with Gasteiger partial charge in [-0.3, -0.25) is 4.72 Å². The standard InChI is InChI=1S/C14H15FN2O2S/c1-9-3-6-13(12(15)7-9)17-20(18,19)14-8-11(16)5-4-10(14)2/h3-8,17H,16H2,1-2H3. The summed E-state index contributed by atoms with van der Waals surface area (Å²) in [6, 6.07) is 8.86. The lowest BCUT2D eigenvalue weighted by Gasteiger charge is -2.12. The van der Waals surface area contributed by atoms with Crippen LogP contribution in [0, 0.1) is 19.7 Å². The first-order valence-electron chi connectivity index (χ1n) is 5.95. The minimum absolute atomic E-state index is 0.0393. The zero-order valence-electron chi connectivity index (χ0n) is 11.1. The van der Waals surface area contributed by atoms with Gasteiger partial charge in [-0.25, -0.2) is 12.8 Å². The molecule has 4 nitrogen and oxygen atoms in total. The summed E-state index contributed by atoms with van der Waals surface area (Å²) in [4.78, 5) is 0.0393. The molecule has 20 heavy (non-hydrogen) atoms. The first-order chi connectivity index (χ1) is 9.29. The smallest absolute Gasteiger partial charge is 0.262 e. The van der Waals surface area contributed by atoms with E-state index in [9.17, 15) is 12.8 Å². The van der Waals surface area contributed by atoms with Crippen molar-refractivity contribution in [2.24, 2.45) is 0 Å². The fourth-order valence-corrected chi connectivity index (χ4v) is 3.16. The van der Waals surface area contributed by atoms with E-state index in [4.69, 9.17) is 5.73 Å². The van der Waals surface area contributed by atoms with Gasteiger partial charge in [0.15, 0.2) is 0 Å². The van der Waals surface area contributed by atoms with E-state index >= 15 is 0 Å². The monoisotopic (exact) mass is 294 g/mol. The van der Waals surface area contributed by atoms with Gasteiger partial charge in [-0.05, 0) is 49.2 Å². The molecule has 3 N–H and O–H groups in total. The van der Waals surface area contributed by atoms with Crippen LogP contribution in [0.2, 0.25) is 0 Å². The second-order valence-electron chi connectivity index (χ2n) is 4.61. The van der Waals surface area contributed by atoms with Crippen LogP contribution in [0.1, 0.15) is 11.1 Å². The number of nitrogens with one attached hydrogen (secondary N) is 1. The Morgan fingerprint density at radius 2 is 1.80 bits per heavy atom. The van der Waals surface area contributed by atoms with Gasteiger partial charge in [0, 0.05) is 5.69 Å². The van der Waals surface area contributed by atoms with E-state index in [1.54, 1.807) is 32.0 Å². The number of halogens is 1. The highest BCUT2D eigenvalue weighted by molar-refractivity contribution is 7.92. The average Bonchev–Trinajstić information content (AvgIpc) is 2.35. The number of hydrogen-bond donors (Lipinski definition) is 2. The molecule has 0 saturated carbocycles. The van der Waals surface area contributed by atoms with Crippen LogP contribution in [0.15, 0.2) is 41.3 Å². The summed E-state index contributed by atoms with van der Waals surface area (Å²) in [6.07, 6.45) is 0. The van der Waals surface area contributed by atoms with Crippen molar-refractivity contribution in [3.05, 3.63) is 53.3 Å². The van der Waals surface area contributed by atoms with E-state index in [0.29, 0.717) is 16.8 Å². The van der Waals surface area contributed by atoms with Crippen molar-refractivity contribution in [2.75, 3.05) is 10.5 Å². The average molecular weight is 294 g/mol. The molecule has 0 heterocycles. The van der Waals surface area contributed by atoms with Crippen molar-refractivity contribution in [1.29, 1.82) is 0 Å². The van der Waals surface area contributed by atoms with Crippen molar-refractivity contribution in [3.8, 4) is 0 Å². The predicted molar refractivity (Wildman–Crippen MR) is 77.5 cm³/mol. The maximum absolute atomic E-state index is 13.7. The van der Waals surface area contributed by atoms with Gasteiger partial charge in [0.05, 0.1) is 10.6 Å².